The van der Waals surface area contributed by atoms with Crippen molar-refractivity contribution in [3.8, 4) is 0 Å². The first-order chi connectivity index (χ1) is 26.4. The van der Waals surface area contributed by atoms with Crippen molar-refractivity contribution in [1.29, 1.82) is 0 Å². The molecule has 1 heterocycles. The highest BCUT2D eigenvalue weighted by molar-refractivity contribution is 5.81. The fourth-order valence-electron chi connectivity index (χ4n) is 5.90. The van der Waals surface area contributed by atoms with Crippen LogP contribution in [-0.4, -0.2) is 79.7 Å². The minimum absolute atomic E-state index is 0.0262. The molecule has 0 radical (unpaired) electrons. The normalized spacial score (nSPS) is 19.9. The van der Waals surface area contributed by atoms with Gasteiger partial charge in [0.25, 0.3) is 0 Å². The molecule has 1 fully saturated rings. The molecule has 0 bridgehead atoms. The first-order valence-corrected chi connectivity index (χ1v) is 18.2. The third-order valence-corrected chi connectivity index (χ3v) is 8.83. The maximum Gasteiger partial charge on any atom is 0.306 e. The Morgan fingerprint density at radius 2 is 1.17 bits per heavy atom. The number of carbonyl (C=O) groups excluding carboxylic acids is 2. The van der Waals surface area contributed by atoms with Crippen molar-refractivity contribution in [3.63, 3.8) is 0 Å². The Morgan fingerprint density at radius 1 is 0.685 bits per heavy atom. The predicted octanol–water partition coefficient (Wildman–Crippen LogP) is 6.31. The molecule has 4 aromatic rings. The van der Waals surface area contributed by atoms with Crippen molar-refractivity contribution >= 4 is 11.8 Å². The maximum absolute atomic E-state index is 16.2. The van der Waals surface area contributed by atoms with E-state index in [0.717, 1.165) is 22.3 Å². The van der Waals surface area contributed by atoms with E-state index in [4.69, 9.17) is 33.2 Å². The molecule has 0 aromatic heterocycles. The van der Waals surface area contributed by atoms with Crippen LogP contribution in [-0.2, 0) is 69.2 Å². The average Bonchev–Trinajstić information content (AvgIpc) is 3.49. The van der Waals surface area contributed by atoms with Gasteiger partial charge in [0.05, 0.1) is 52.7 Å². The number of carbonyl (C=O) groups is 2. The Balaban J connectivity index is 1.34. The molecule has 54 heavy (non-hydrogen) atoms. The predicted molar refractivity (Wildman–Crippen MR) is 198 cm³/mol. The number of hydrogen-bond donors (Lipinski definition) is 1. The second kappa shape index (κ2) is 22.1. The summed E-state index contributed by atoms with van der Waals surface area (Å²) in [4.78, 5) is 24.2. The lowest BCUT2D eigenvalue weighted by Crippen LogP contribution is -2.47. The van der Waals surface area contributed by atoms with E-state index in [1.54, 1.807) is 0 Å². The zero-order valence-corrected chi connectivity index (χ0v) is 30.5. The van der Waals surface area contributed by atoms with Crippen molar-refractivity contribution in [1.82, 2.24) is 0 Å². The lowest BCUT2D eigenvalue weighted by Gasteiger charge is -2.33. The number of halogens is 1. The molecule has 5 rings (SSSR count). The Labute approximate surface area is 316 Å². The van der Waals surface area contributed by atoms with Crippen molar-refractivity contribution in [3.05, 3.63) is 144 Å². The highest BCUT2D eigenvalue weighted by atomic mass is 19.1. The summed E-state index contributed by atoms with van der Waals surface area (Å²) in [6.07, 6.45) is -8.55. The average molecular weight is 745 g/mol. The van der Waals surface area contributed by atoms with Crippen LogP contribution in [0.15, 0.2) is 121 Å². The van der Waals surface area contributed by atoms with E-state index >= 15 is 4.39 Å². The van der Waals surface area contributed by atoms with Crippen molar-refractivity contribution in [2.24, 2.45) is 0 Å². The van der Waals surface area contributed by atoms with Crippen LogP contribution in [0.2, 0.25) is 0 Å². The summed E-state index contributed by atoms with van der Waals surface area (Å²) in [6, 6.07) is 38.1. The Hall–Kier alpha value is -4.33. The SMILES string of the molecule is CC(=O)CCC(=O)OC1C(COCc2ccccc2)OC(OCC(OCc2ccccc2)C(OCc2ccccc2)C(CO)OCc2ccccc2)C1F. The van der Waals surface area contributed by atoms with E-state index in [2.05, 4.69) is 0 Å². The van der Waals surface area contributed by atoms with E-state index in [1.807, 2.05) is 121 Å². The molecule has 0 spiro atoms. The van der Waals surface area contributed by atoms with Crippen LogP contribution in [0.25, 0.3) is 0 Å². The summed E-state index contributed by atoms with van der Waals surface area (Å²) in [5.41, 5.74) is 3.58. The molecular weight excluding hydrogens is 695 g/mol. The zero-order valence-electron chi connectivity index (χ0n) is 30.5. The molecule has 0 aliphatic carbocycles. The standard InChI is InChI=1S/C43H49FO10/c1-31(46)22-23-39(47)54-42-38(29-48-25-32-14-6-2-7-15-32)53-43(40(42)44)52-30-37(50-27-34-18-10-4-11-19-34)41(51-28-35-20-12-5-13-21-35)36(24-45)49-26-33-16-8-3-9-17-33/h2-21,36-38,40-43,45H,22-30H2,1H3. The van der Waals surface area contributed by atoms with Gasteiger partial charge in [0.15, 0.2) is 18.6 Å². The Kier molecular flexibility index (Phi) is 16.8. The van der Waals surface area contributed by atoms with E-state index in [1.165, 1.54) is 6.92 Å². The second-order valence-electron chi connectivity index (χ2n) is 13.1. The summed E-state index contributed by atoms with van der Waals surface area (Å²) < 4.78 is 58.9. The number of alkyl halides is 1. The maximum atomic E-state index is 16.2. The van der Waals surface area contributed by atoms with Gasteiger partial charge < -0.3 is 43.1 Å². The van der Waals surface area contributed by atoms with E-state index in [9.17, 15) is 14.7 Å². The van der Waals surface area contributed by atoms with Gasteiger partial charge in [-0.25, -0.2) is 4.39 Å². The summed E-state index contributed by atoms with van der Waals surface area (Å²) >= 11 is 0. The van der Waals surface area contributed by atoms with Crippen molar-refractivity contribution in [2.75, 3.05) is 19.8 Å². The molecule has 0 amide bonds. The van der Waals surface area contributed by atoms with Gasteiger partial charge in [-0.3, -0.25) is 4.79 Å². The van der Waals surface area contributed by atoms with Crippen LogP contribution in [0, 0.1) is 0 Å². The molecule has 4 aromatic carbocycles. The zero-order chi connectivity index (χ0) is 38.0. The minimum atomic E-state index is -1.89. The number of aliphatic hydroxyl groups is 1. The van der Waals surface area contributed by atoms with Crippen LogP contribution >= 0.6 is 0 Å². The number of rotatable bonds is 23. The van der Waals surface area contributed by atoms with Crippen LogP contribution in [0.3, 0.4) is 0 Å². The molecule has 1 saturated heterocycles. The van der Waals surface area contributed by atoms with E-state index in [-0.39, 0.29) is 58.3 Å². The van der Waals surface area contributed by atoms with Gasteiger partial charge in [0, 0.05) is 6.42 Å². The van der Waals surface area contributed by atoms with E-state index in [0.29, 0.717) is 0 Å². The molecule has 1 aliphatic heterocycles. The minimum Gasteiger partial charge on any atom is -0.456 e. The molecule has 1 N–H and O–H groups in total. The van der Waals surface area contributed by atoms with E-state index < -0.39 is 55.6 Å². The lowest BCUT2D eigenvalue weighted by molar-refractivity contribution is -0.212. The topological polar surface area (TPSA) is 119 Å². The molecule has 11 heteroatoms. The Bertz CT molecular complexity index is 1650. The number of ether oxygens (including phenoxy) is 7. The first kappa shape index (κ1) is 40.8. The summed E-state index contributed by atoms with van der Waals surface area (Å²) in [7, 11) is 0. The summed E-state index contributed by atoms with van der Waals surface area (Å²) in [5, 5.41) is 10.7. The lowest BCUT2D eigenvalue weighted by atomic mass is 10.1. The largest absolute Gasteiger partial charge is 0.456 e. The highest BCUT2D eigenvalue weighted by Gasteiger charge is 2.49. The highest BCUT2D eigenvalue weighted by Crippen LogP contribution is 2.30. The first-order valence-electron chi connectivity index (χ1n) is 18.2. The Morgan fingerprint density at radius 3 is 1.67 bits per heavy atom. The van der Waals surface area contributed by atoms with Gasteiger partial charge in [-0.2, -0.15) is 0 Å². The fraction of sp³-hybridized carbons (Fsp3) is 0.395. The second-order valence-corrected chi connectivity index (χ2v) is 13.1. The number of ketones is 1. The fourth-order valence-corrected chi connectivity index (χ4v) is 5.90. The van der Waals surface area contributed by atoms with Crippen molar-refractivity contribution < 1.29 is 52.2 Å². The third-order valence-electron chi connectivity index (χ3n) is 8.83. The van der Waals surface area contributed by atoms with Gasteiger partial charge in [0.1, 0.15) is 30.2 Å². The quantitative estimate of drug-likeness (QED) is 0.0866. The van der Waals surface area contributed by atoms with Gasteiger partial charge >= 0.3 is 5.97 Å². The third kappa shape index (κ3) is 13.2. The van der Waals surface area contributed by atoms with Crippen LogP contribution in [0.1, 0.15) is 42.0 Å². The molecule has 7 atom stereocenters. The smallest absolute Gasteiger partial charge is 0.306 e. The molecular formula is C43H49FO10. The van der Waals surface area contributed by atoms with Gasteiger partial charge in [-0.05, 0) is 29.2 Å². The number of benzene rings is 4. The van der Waals surface area contributed by atoms with Gasteiger partial charge in [-0.1, -0.05) is 121 Å². The molecule has 288 valence electrons. The van der Waals surface area contributed by atoms with Crippen molar-refractivity contribution in [2.45, 2.75) is 89.2 Å². The summed E-state index contributed by atoms with van der Waals surface area (Å²) in [5.74, 6) is -0.912. The summed E-state index contributed by atoms with van der Waals surface area (Å²) in [6.45, 7) is 1.41. The van der Waals surface area contributed by atoms with Gasteiger partial charge in [-0.15, -0.1) is 0 Å². The van der Waals surface area contributed by atoms with Crippen LogP contribution in [0.4, 0.5) is 4.39 Å². The number of esters is 1. The molecule has 7 unspecified atom stereocenters. The molecule has 0 saturated carbocycles. The van der Waals surface area contributed by atoms with Gasteiger partial charge in [0.2, 0.25) is 0 Å². The number of hydrogen-bond acceptors (Lipinski definition) is 10. The monoisotopic (exact) mass is 744 g/mol. The van der Waals surface area contributed by atoms with Crippen LogP contribution < -0.4 is 0 Å². The number of Topliss-reactive ketones (excluding diaryl/α,β-unsaturated/α-hetero) is 1. The molecule has 1 aliphatic rings. The molecule has 10 nitrogen and oxygen atoms in total. The van der Waals surface area contributed by atoms with Crippen LogP contribution in [0.5, 0.6) is 0 Å². The number of aliphatic hydroxyl groups excluding tert-OH is 1.